The van der Waals surface area contributed by atoms with E-state index in [1.165, 1.54) is 11.8 Å². The van der Waals surface area contributed by atoms with E-state index in [9.17, 15) is 0 Å². The summed E-state index contributed by atoms with van der Waals surface area (Å²) in [5.74, 6) is 2.35. The normalized spacial score (nSPS) is 10.5. The smallest absolute Gasteiger partial charge is 0.191 e. The van der Waals surface area contributed by atoms with E-state index in [-0.39, 0.29) is 0 Å². The molecule has 2 N–H and O–H groups in total. The fraction of sp³-hybridized carbons (Fsp3) is 0.417. The lowest BCUT2D eigenvalue weighted by Crippen LogP contribution is -2.05. The van der Waals surface area contributed by atoms with Crippen molar-refractivity contribution in [3.8, 4) is 0 Å². The maximum absolute atomic E-state index is 4.42. The lowest BCUT2D eigenvalue weighted by Gasteiger charge is -2.08. The maximum atomic E-state index is 4.42. The van der Waals surface area contributed by atoms with E-state index in [2.05, 4.69) is 32.6 Å². The quantitative estimate of drug-likeness (QED) is 0.625. The second kappa shape index (κ2) is 6.42. The highest BCUT2D eigenvalue weighted by molar-refractivity contribution is 7.98. The molecule has 102 valence electrons. The molecular weight excluding hydrogens is 260 g/mol. The van der Waals surface area contributed by atoms with E-state index < -0.39 is 0 Å². The van der Waals surface area contributed by atoms with Gasteiger partial charge in [0.15, 0.2) is 11.0 Å². The number of aromatic nitrogens is 4. The van der Waals surface area contributed by atoms with Crippen LogP contribution in [0.2, 0.25) is 0 Å². The number of rotatable bonds is 6. The van der Waals surface area contributed by atoms with Gasteiger partial charge in [0.25, 0.3) is 0 Å². The number of hydrogen-bond donors (Lipinski definition) is 2. The number of anilines is 3. The zero-order chi connectivity index (χ0) is 13.7. The van der Waals surface area contributed by atoms with Crippen molar-refractivity contribution >= 4 is 29.2 Å². The monoisotopic (exact) mass is 278 g/mol. The lowest BCUT2D eigenvalue weighted by atomic mass is 10.4. The summed E-state index contributed by atoms with van der Waals surface area (Å²) in [4.78, 5) is 8.83. The third-order valence-electron chi connectivity index (χ3n) is 2.41. The molecule has 2 aromatic heterocycles. The Bertz CT molecular complexity index is 539. The van der Waals surface area contributed by atoms with Crippen molar-refractivity contribution in [3.05, 3.63) is 18.3 Å². The second-order valence-electron chi connectivity index (χ2n) is 4.05. The van der Waals surface area contributed by atoms with Crippen molar-refractivity contribution in [3.63, 3.8) is 0 Å². The van der Waals surface area contributed by atoms with E-state index in [1.807, 2.05) is 31.6 Å². The number of thioether (sulfide) groups is 1. The molecule has 0 aliphatic heterocycles. The van der Waals surface area contributed by atoms with Gasteiger partial charge in [0.05, 0.1) is 0 Å². The van der Waals surface area contributed by atoms with Gasteiger partial charge in [0, 0.05) is 31.9 Å². The third-order valence-corrected chi connectivity index (χ3v) is 2.96. The Morgan fingerprint density at radius 1 is 1.26 bits per heavy atom. The summed E-state index contributed by atoms with van der Waals surface area (Å²) >= 11 is 1.52. The molecule has 0 amide bonds. The summed E-state index contributed by atoms with van der Waals surface area (Å²) in [7, 11) is 1.88. The number of hydrogen-bond acceptors (Lipinski definition) is 6. The van der Waals surface area contributed by atoms with E-state index in [0.29, 0.717) is 0 Å². The van der Waals surface area contributed by atoms with Gasteiger partial charge in [-0.25, -0.2) is 9.97 Å². The van der Waals surface area contributed by atoms with Crippen molar-refractivity contribution in [1.29, 1.82) is 0 Å². The van der Waals surface area contributed by atoms with Gasteiger partial charge in [-0.3, -0.25) is 4.68 Å². The molecule has 0 aliphatic rings. The van der Waals surface area contributed by atoms with E-state index in [1.54, 1.807) is 4.68 Å². The van der Waals surface area contributed by atoms with Crippen LogP contribution in [0.1, 0.15) is 13.3 Å². The number of nitrogens with zero attached hydrogens (tertiary/aromatic N) is 4. The summed E-state index contributed by atoms with van der Waals surface area (Å²) in [5.41, 5.74) is 0. The Labute approximate surface area is 117 Å². The first kappa shape index (κ1) is 13.7. The molecule has 0 unspecified atom stereocenters. The molecule has 0 radical (unpaired) electrons. The SMILES string of the molecule is CCCNc1cc(Nc2ccn(C)n2)nc(SC)n1. The van der Waals surface area contributed by atoms with Gasteiger partial charge in [-0.2, -0.15) is 5.10 Å². The molecule has 0 spiro atoms. The van der Waals surface area contributed by atoms with Crippen molar-refractivity contribution < 1.29 is 0 Å². The molecule has 0 saturated heterocycles. The maximum Gasteiger partial charge on any atom is 0.191 e. The standard InChI is InChI=1S/C12H18N6S/c1-4-6-13-10-8-11(16-12(15-10)19-3)14-9-5-7-18(2)17-9/h5,7-8H,4,6H2,1-3H3,(H2,13,14,15,16,17). The first-order valence-corrected chi connectivity index (χ1v) is 7.37. The Morgan fingerprint density at radius 3 is 2.68 bits per heavy atom. The number of aryl methyl sites for hydroxylation is 1. The summed E-state index contributed by atoms with van der Waals surface area (Å²) < 4.78 is 1.75. The average molecular weight is 278 g/mol. The van der Waals surface area contributed by atoms with Gasteiger partial charge in [-0.1, -0.05) is 18.7 Å². The van der Waals surface area contributed by atoms with Crippen LogP contribution < -0.4 is 10.6 Å². The predicted molar refractivity (Wildman–Crippen MR) is 79.1 cm³/mol. The van der Waals surface area contributed by atoms with E-state index >= 15 is 0 Å². The zero-order valence-corrected chi connectivity index (χ0v) is 12.2. The van der Waals surface area contributed by atoms with Crippen LogP contribution in [0, 0.1) is 0 Å². The predicted octanol–water partition coefficient (Wildman–Crippen LogP) is 2.50. The first-order chi connectivity index (χ1) is 9.21. The van der Waals surface area contributed by atoms with Gasteiger partial charge < -0.3 is 10.6 Å². The Morgan fingerprint density at radius 2 is 2.05 bits per heavy atom. The highest BCUT2D eigenvalue weighted by atomic mass is 32.2. The van der Waals surface area contributed by atoms with Crippen LogP contribution in [-0.2, 0) is 7.05 Å². The minimum absolute atomic E-state index is 0.736. The fourth-order valence-electron chi connectivity index (χ4n) is 1.54. The Hall–Kier alpha value is -1.76. The highest BCUT2D eigenvalue weighted by Crippen LogP contribution is 2.19. The molecule has 2 aromatic rings. The van der Waals surface area contributed by atoms with Crippen LogP contribution in [0.25, 0.3) is 0 Å². The van der Waals surface area contributed by atoms with Crippen molar-refractivity contribution in [2.24, 2.45) is 7.05 Å². The molecular formula is C12H18N6S. The largest absolute Gasteiger partial charge is 0.370 e. The second-order valence-corrected chi connectivity index (χ2v) is 4.82. The average Bonchev–Trinajstić information content (AvgIpc) is 2.81. The van der Waals surface area contributed by atoms with E-state index in [4.69, 9.17) is 0 Å². The summed E-state index contributed by atoms with van der Waals surface area (Å²) in [6.07, 6.45) is 4.90. The lowest BCUT2D eigenvalue weighted by molar-refractivity contribution is 0.771. The van der Waals surface area contributed by atoms with Gasteiger partial charge in [0.2, 0.25) is 0 Å². The van der Waals surface area contributed by atoms with Gasteiger partial charge in [-0.15, -0.1) is 0 Å². The van der Waals surface area contributed by atoms with Gasteiger partial charge in [0.1, 0.15) is 11.6 Å². The van der Waals surface area contributed by atoms with Crippen molar-refractivity contribution in [1.82, 2.24) is 19.7 Å². The summed E-state index contributed by atoms with van der Waals surface area (Å²) in [6.45, 7) is 3.02. The minimum atomic E-state index is 0.736. The summed E-state index contributed by atoms with van der Waals surface area (Å²) in [6, 6.07) is 3.80. The molecule has 19 heavy (non-hydrogen) atoms. The molecule has 0 aliphatic carbocycles. The van der Waals surface area contributed by atoms with Crippen LogP contribution >= 0.6 is 11.8 Å². The fourth-order valence-corrected chi connectivity index (χ4v) is 1.92. The molecule has 2 rings (SSSR count). The van der Waals surface area contributed by atoms with Gasteiger partial charge >= 0.3 is 0 Å². The molecule has 2 heterocycles. The van der Waals surface area contributed by atoms with Crippen LogP contribution in [-0.4, -0.2) is 32.5 Å². The van der Waals surface area contributed by atoms with Crippen molar-refractivity contribution in [2.75, 3.05) is 23.4 Å². The van der Waals surface area contributed by atoms with Crippen LogP contribution in [0.3, 0.4) is 0 Å². The third kappa shape index (κ3) is 3.85. The van der Waals surface area contributed by atoms with Crippen LogP contribution in [0.4, 0.5) is 17.5 Å². The topological polar surface area (TPSA) is 67.7 Å². The first-order valence-electron chi connectivity index (χ1n) is 6.15. The molecule has 6 nitrogen and oxygen atoms in total. The molecule has 0 fully saturated rings. The summed E-state index contributed by atoms with van der Waals surface area (Å²) in [5, 5.41) is 11.5. The Balaban J connectivity index is 2.18. The molecule has 0 bridgehead atoms. The minimum Gasteiger partial charge on any atom is -0.370 e. The van der Waals surface area contributed by atoms with Gasteiger partial charge in [-0.05, 0) is 12.7 Å². The number of nitrogens with one attached hydrogen (secondary N) is 2. The van der Waals surface area contributed by atoms with Crippen LogP contribution in [0.5, 0.6) is 0 Å². The molecule has 0 saturated carbocycles. The molecule has 0 aromatic carbocycles. The zero-order valence-electron chi connectivity index (χ0n) is 11.3. The highest BCUT2D eigenvalue weighted by Gasteiger charge is 2.05. The molecule has 7 heteroatoms. The van der Waals surface area contributed by atoms with Crippen LogP contribution in [0.15, 0.2) is 23.5 Å². The van der Waals surface area contributed by atoms with Crippen molar-refractivity contribution in [2.45, 2.75) is 18.5 Å². The molecule has 0 atom stereocenters. The van der Waals surface area contributed by atoms with E-state index in [0.717, 1.165) is 35.6 Å². The Kier molecular flexibility index (Phi) is 4.62.